The summed E-state index contributed by atoms with van der Waals surface area (Å²) in [4.78, 5) is 6.40. The van der Waals surface area contributed by atoms with E-state index in [0.717, 1.165) is 90.0 Å². The summed E-state index contributed by atoms with van der Waals surface area (Å²) in [6.07, 6.45) is 0. The second-order valence-corrected chi connectivity index (χ2v) is 22.3. The molecule has 0 aliphatic rings. The maximum atomic E-state index is 7.44. The largest absolute Gasteiger partial charge is 0.456 e. The number of aryl methyl sites for hydroxylation is 2. The minimum atomic E-state index is -0.944. The van der Waals surface area contributed by atoms with E-state index in [9.17, 15) is 0 Å². The molecule has 0 unspecified atom stereocenters. The molecule has 0 heterocycles. The Labute approximate surface area is 396 Å². The van der Waals surface area contributed by atoms with E-state index in [0.29, 0.717) is 0 Å². The molecule has 0 spiro atoms. The Morgan fingerprint density at radius 2 is 0.554 bits per heavy atom. The maximum absolute atomic E-state index is 7.44. The number of benzene rings is 6. The quantitative estimate of drug-likeness (QED) is 0.0610. The number of hydrogen-bond acceptors (Lipinski definition) is 1. The van der Waals surface area contributed by atoms with Crippen molar-refractivity contribution in [3.05, 3.63) is 167 Å². The van der Waals surface area contributed by atoms with Crippen molar-refractivity contribution in [3.63, 3.8) is 0 Å². The standard InChI is InChI=1S/C58H76N4OP2/c1-11-59(12-2)41-47-21-29-51(30-22-47)64(52-31-23-48(24-32-52)42-60(13-3)14-4)57-39-45(9)19-37-55(57)63-56-38-20-46(10)40-58(56)65(53-33-25-49(26-34-53)43-61(15-5)16-6)54-35-27-50(28-36-54)44-62(17-7)18-8/h19-40H,11-18,41-44H2,1-10H3/p+4. The highest BCUT2D eigenvalue weighted by Crippen LogP contribution is 2.41. The molecule has 0 saturated heterocycles. The lowest BCUT2D eigenvalue weighted by molar-refractivity contribution is -0.910. The first-order chi connectivity index (χ1) is 31.6. The third kappa shape index (κ3) is 13.5. The number of quaternary nitrogens is 4. The smallest absolute Gasteiger partial charge is 0.135 e. The minimum absolute atomic E-state index is 0.935. The summed E-state index contributed by atoms with van der Waals surface area (Å²) in [7, 11) is -1.89. The van der Waals surface area contributed by atoms with E-state index in [1.807, 2.05) is 0 Å². The van der Waals surface area contributed by atoms with Crippen molar-refractivity contribution in [2.75, 3.05) is 52.4 Å². The molecule has 6 aromatic carbocycles. The van der Waals surface area contributed by atoms with Gasteiger partial charge in [-0.15, -0.1) is 0 Å². The van der Waals surface area contributed by atoms with Gasteiger partial charge in [0, 0.05) is 32.9 Å². The van der Waals surface area contributed by atoms with Crippen LogP contribution >= 0.6 is 15.8 Å². The van der Waals surface area contributed by atoms with Crippen molar-refractivity contribution < 1.29 is 24.3 Å². The van der Waals surface area contributed by atoms with Crippen LogP contribution in [0, 0.1) is 13.8 Å². The van der Waals surface area contributed by atoms with Gasteiger partial charge in [-0.05, 0) is 131 Å². The molecule has 5 nitrogen and oxygen atoms in total. The second kappa shape index (κ2) is 25.1. The van der Waals surface area contributed by atoms with Crippen LogP contribution in [0.3, 0.4) is 0 Å². The Morgan fingerprint density at radius 1 is 0.323 bits per heavy atom. The van der Waals surface area contributed by atoms with Crippen LogP contribution in [0.1, 0.15) is 88.8 Å². The van der Waals surface area contributed by atoms with E-state index in [-0.39, 0.29) is 0 Å². The molecule has 4 N–H and O–H groups in total. The van der Waals surface area contributed by atoms with Crippen LogP contribution in [0.2, 0.25) is 0 Å². The zero-order valence-electron chi connectivity index (χ0n) is 41.5. The first-order valence-corrected chi connectivity index (χ1v) is 27.5. The van der Waals surface area contributed by atoms with Crippen molar-refractivity contribution in [1.82, 2.24) is 0 Å². The fourth-order valence-corrected chi connectivity index (χ4v) is 13.8. The molecule has 7 heteroatoms. The van der Waals surface area contributed by atoms with Crippen LogP contribution in [-0.4, -0.2) is 52.4 Å². The monoisotopic (exact) mass is 911 g/mol. The van der Waals surface area contributed by atoms with Crippen molar-refractivity contribution in [2.24, 2.45) is 0 Å². The summed E-state index contributed by atoms with van der Waals surface area (Å²) in [6.45, 7) is 36.0. The fraction of sp³-hybridized carbons (Fsp3) is 0.379. The molecule has 0 bridgehead atoms. The third-order valence-corrected chi connectivity index (χ3v) is 18.4. The lowest BCUT2D eigenvalue weighted by Crippen LogP contribution is -3.10. The lowest BCUT2D eigenvalue weighted by atomic mass is 10.2. The normalized spacial score (nSPS) is 11.9. The van der Waals surface area contributed by atoms with E-state index in [1.165, 1.54) is 65.2 Å². The molecule has 65 heavy (non-hydrogen) atoms. The van der Waals surface area contributed by atoms with Gasteiger partial charge in [0.05, 0.1) is 52.4 Å². The van der Waals surface area contributed by atoms with Gasteiger partial charge >= 0.3 is 0 Å². The minimum Gasteiger partial charge on any atom is -0.456 e. The highest BCUT2D eigenvalue weighted by Gasteiger charge is 2.26. The average Bonchev–Trinajstić information content (AvgIpc) is 3.34. The Hall–Kier alpha value is -4.18. The zero-order valence-corrected chi connectivity index (χ0v) is 43.3. The van der Waals surface area contributed by atoms with Gasteiger partial charge in [0.25, 0.3) is 0 Å². The lowest BCUT2D eigenvalue weighted by Gasteiger charge is -2.26. The molecule has 0 amide bonds. The number of hydrogen-bond donors (Lipinski definition) is 4. The van der Waals surface area contributed by atoms with E-state index < -0.39 is 15.8 Å². The molecule has 0 aliphatic heterocycles. The molecule has 6 rings (SSSR count). The first kappa shape index (κ1) is 50.2. The van der Waals surface area contributed by atoms with Gasteiger partial charge in [-0.1, -0.05) is 120 Å². The van der Waals surface area contributed by atoms with Crippen molar-refractivity contribution in [2.45, 2.75) is 95.4 Å². The van der Waals surface area contributed by atoms with E-state index in [2.05, 4.69) is 203 Å². The van der Waals surface area contributed by atoms with Gasteiger partial charge in [-0.3, -0.25) is 0 Å². The second-order valence-electron chi connectivity index (χ2n) is 17.9. The van der Waals surface area contributed by atoms with E-state index in [1.54, 1.807) is 19.6 Å². The summed E-state index contributed by atoms with van der Waals surface area (Å²) >= 11 is 0. The predicted octanol–water partition coefficient (Wildman–Crippen LogP) is 5.31. The molecule has 0 saturated carbocycles. The fourth-order valence-electron chi connectivity index (χ4n) is 8.96. The number of nitrogens with one attached hydrogen (secondary N) is 4. The molecule has 0 aromatic heterocycles. The molecular formula is C58H80N4OP2+4. The zero-order chi connectivity index (χ0) is 46.3. The Kier molecular flexibility index (Phi) is 19.4. The molecule has 344 valence electrons. The van der Waals surface area contributed by atoms with Gasteiger partial charge in [-0.2, -0.15) is 0 Å². The van der Waals surface area contributed by atoms with Crippen LogP contribution in [0.15, 0.2) is 133 Å². The molecule has 0 aliphatic carbocycles. The van der Waals surface area contributed by atoms with Gasteiger partial charge in [-0.25, -0.2) is 0 Å². The Balaban J connectivity index is 1.46. The highest BCUT2D eigenvalue weighted by atomic mass is 31.1. The van der Waals surface area contributed by atoms with Crippen LogP contribution in [0.25, 0.3) is 0 Å². The first-order valence-electron chi connectivity index (χ1n) is 24.8. The summed E-state index contributed by atoms with van der Waals surface area (Å²) in [5, 5.41) is 7.90. The topological polar surface area (TPSA) is 27.0 Å². The van der Waals surface area contributed by atoms with Gasteiger partial charge in [0.15, 0.2) is 0 Å². The number of rotatable bonds is 24. The Morgan fingerprint density at radius 3 is 0.769 bits per heavy atom. The molecule has 0 atom stereocenters. The van der Waals surface area contributed by atoms with Gasteiger partial charge < -0.3 is 24.3 Å². The highest BCUT2D eigenvalue weighted by molar-refractivity contribution is 7.80. The van der Waals surface area contributed by atoms with E-state index >= 15 is 0 Å². The van der Waals surface area contributed by atoms with Crippen LogP contribution in [-0.2, 0) is 26.2 Å². The summed E-state index contributed by atoms with van der Waals surface area (Å²) in [5.41, 5.74) is 8.05. The summed E-state index contributed by atoms with van der Waals surface area (Å²) in [5.74, 6) is 1.87. The molecule has 0 fully saturated rings. The molecule has 6 aromatic rings. The van der Waals surface area contributed by atoms with Crippen molar-refractivity contribution in [1.29, 1.82) is 0 Å². The number of ether oxygens (including phenoxy) is 1. The van der Waals surface area contributed by atoms with Crippen molar-refractivity contribution in [3.8, 4) is 11.5 Å². The van der Waals surface area contributed by atoms with Crippen LogP contribution in [0.4, 0.5) is 0 Å². The third-order valence-electron chi connectivity index (χ3n) is 13.5. The van der Waals surface area contributed by atoms with E-state index in [4.69, 9.17) is 4.74 Å². The average molecular weight is 911 g/mol. The molecular weight excluding hydrogens is 831 g/mol. The van der Waals surface area contributed by atoms with Crippen LogP contribution < -0.4 is 56.2 Å². The van der Waals surface area contributed by atoms with Crippen LogP contribution in [0.5, 0.6) is 11.5 Å². The Bertz CT molecular complexity index is 2050. The maximum Gasteiger partial charge on any atom is 0.135 e. The SMILES string of the molecule is CC[NH+](CC)Cc1ccc(P(c2ccc(C[NH+](CC)CC)cc2)c2cc(C)ccc2Oc2ccc(C)cc2P(c2ccc(C[NH+](CC)CC)cc2)c2ccc(C[NH+](CC)CC)cc2)cc1. The summed E-state index contributed by atoms with van der Waals surface area (Å²) in [6, 6.07) is 51.9. The summed E-state index contributed by atoms with van der Waals surface area (Å²) < 4.78 is 7.44. The van der Waals surface area contributed by atoms with Gasteiger partial charge in [0.1, 0.15) is 37.7 Å². The predicted molar refractivity (Wildman–Crippen MR) is 283 cm³/mol. The van der Waals surface area contributed by atoms with Crippen molar-refractivity contribution >= 4 is 47.7 Å². The molecule has 0 radical (unpaired) electrons. The van der Waals surface area contributed by atoms with Gasteiger partial charge in [0.2, 0.25) is 0 Å².